The molecule has 0 aliphatic heterocycles. The summed E-state index contributed by atoms with van der Waals surface area (Å²) >= 11 is 1.55. The molecule has 0 N–H and O–H groups in total. The molecule has 0 radical (unpaired) electrons. The van der Waals surface area contributed by atoms with Gasteiger partial charge in [0, 0.05) is 17.8 Å². The molecule has 2 saturated carbocycles. The molecule has 2 unspecified atom stereocenters. The molecule has 30 heavy (non-hydrogen) atoms. The van der Waals surface area contributed by atoms with Crippen LogP contribution in [-0.2, 0) is 9.59 Å². The molecule has 2 aliphatic rings. The molecular weight excluding hydrogens is 392 g/mol. The number of thiazole rings is 1. The quantitative estimate of drug-likeness (QED) is 0.526. The number of aryl methyl sites for hydroxylation is 2. The van der Waals surface area contributed by atoms with Crippen LogP contribution in [0.25, 0.3) is 10.2 Å². The number of ketones is 1. The number of aromatic nitrogens is 1. The van der Waals surface area contributed by atoms with Gasteiger partial charge in [0.15, 0.2) is 5.13 Å². The molecule has 5 heteroatoms. The van der Waals surface area contributed by atoms with E-state index in [0.29, 0.717) is 23.8 Å². The van der Waals surface area contributed by atoms with Crippen molar-refractivity contribution in [3.63, 3.8) is 0 Å². The fraction of sp³-hybridized carbons (Fsp3) is 0.400. The summed E-state index contributed by atoms with van der Waals surface area (Å²) in [6, 6.07) is 14.3. The Morgan fingerprint density at radius 1 is 1.03 bits per heavy atom. The number of amides is 1. The Labute approximate surface area is 180 Å². The molecule has 2 aliphatic carbocycles. The topological polar surface area (TPSA) is 50.3 Å². The molecular formula is C25H26N2O2S. The Hall–Kier alpha value is -2.53. The zero-order valence-corrected chi connectivity index (χ0v) is 18.2. The lowest BCUT2D eigenvalue weighted by molar-refractivity contribution is -0.136. The van der Waals surface area contributed by atoms with Crippen LogP contribution in [0.15, 0.2) is 42.5 Å². The van der Waals surface area contributed by atoms with E-state index < -0.39 is 0 Å². The van der Waals surface area contributed by atoms with Crippen LogP contribution in [0, 0.1) is 31.6 Å². The fourth-order valence-electron chi connectivity index (χ4n) is 5.23. The fourth-order valence-corrected chi connectivity index (χ4v) is 6.22. The van der Waals surface area contributed by atoms with Gasteiger partial charge in [-0.3, -0.25) is 14.5 Å². The predicted octanol–water partition coefficient (Wildman–Crippen LogP) is 5.97. The van der Waals surface area contributed by atoms with Crippen LogP contribution < -0.4 is 4.90 Å². The van der Waals surface area contributed by atoms with Crippen molar-refractivity contribution in [2.45, 2.75) is 46.0 Å². The minimum absolute atomic E-state index is 0.0583. The number of rotatable bonds is 3. The van der Waals surface area contributed by atoms with Crippen LogP contribution in [0.5, 0.6) is 0 Å². The molecule has 1 heterocycles. The molecule has 2 fully saturated rings. The number of hydrogen-bond acceptors (Lipinski definition) is 4. The number of benzene rings is 2. The first-order valence-electron chi connectivity index (χ1n) is 10.8. The van der Waals surface area contributed by atoms with Crippen molar-refractivity contribution in [2.24, 2.45) is 17.8 Å². The zero-order chi connectivity index (χ0) is 20.8. The SMILES string of the molecule is Cc1cc(C)cc(N(C(=O)C2CC3CCCC(C2)C3=O)c2nc3ccccc3s2)c1. The molecule has 3 aromatic rings. The number of Topliss-reactive ketones (excluding diaryl/α,β-unsaturated/α-hetero) is 1. The molecule has 2 atom stereocenters. The zero-order valence-electron chi connectivity index (χ0n) is 17.4. The maximum atomic E-state index is 13.9. The second-order valence-corrected chi connectivity index (χ2v) is 9.89. The molecule has 2 aromatic carbocycles. The summed E-state index contributed by atoms with van der Waals surface area (Å²) in [7, 11) is 0. The van der Waals surface area contributed by atoms with Gasteiger partial charge in [0.2, 0.25) is 5.91 Å². The summed E-state index contributed by atoms with van der Waals surface area (Å²) in [4.78, 5) is 33.1. The summed E-state index contributed by atoms with van der Waals surface area (Å²) in [5.74, 6) is 0.475. The molecule has 4 nitrogen and oxygen atoms in total. The Kier molecular flexibility index (Phi) is 4.94. The summed E-state index contributed by atoms with van der Waals surface area (Å²) < 4.78 is 1.07. The summed E-state index contributed by atoms with van der Waals surface area (Å²) in [5, 5.41) is 0.716. The third-order valence-electron chi connectivity index (χ3n) is 6.56. The number of nitrogens with zero attached hydrogens (tertiary/aromatic N) is 2. The van der Waals surface area contributed by atoms with Gasteiger partial charge in [0.05, 0.1) is 15.9 Å². The van der Waals surface area contributed by atoms with E-state index in [1.807, 2.05) is 29.2 Å². The van der Waals surface area contributed by atoms with Gasteiger partial charge in [-0.05, 0) is 74.9 Å². The van der Waals surface area contributed by atoms with Gasteiger partial charge in [-0.2, -0.15) is 0 Å². The first kappa shape index (κ1) is 19.4. The maximum Gasteiger partial charge on any atom is 0.236 e. The lowest BCUT2D eigenvalue weighted by Gasteiger charge is -2.38. The minimum Gasteiger partial charge on any atom is -0.299 e. The maximum absolute atomic E-state index is 13.9. The van der Waals surface area contributed by atoms with Crippen molar-refractivity contribution < 1.29 is 9.59 Å². The Morgan fingerprint density at radius 2 is 1.70 bits per heavy atom. The first-order valence-corrected chi connectivity index (χ1v) is 11.6. The van der Waals surface area contributed by atoms with Gasteiger partial charge in [-0.25, -0.2) is 4.98 Å². The van der Waals surface area contributed by atoms with Gasteiger partial charge in [-0.1, -0.05) is 36.0 Å². The molecule has 1 aromatic heterocycles. The monoisotopic (exact) mass is 418 g/mol. The van der Waals surface area contributed by atoms with E-state index in [4.69, 9.17) is 4.98 Å². The second-order valence-electron chi connectivity index (χ2n) is 8.88. The average Bonchev–Trinajstić information content (AvgIpc) is 3.10. The number of para-hydroxylation sites is 1. The van der Waals surface area contributed by atoms with Gasteiger partial charge in [0.25, 0.3) is 0 Å². The van der Waals surface area contributed by atoms with E-state index in [0.717, 1.165) is 46.3 Å². The number of anilines is 2. The lowest BCUT2D eigenvalue weighted by atomic mass is 9.67. The van der Waals surface area contributed by atoms with E-state index >= 15 is 0 Å². The second kappa shape index (κ2) is 7.62. The highest BCUT2D eigenvalue weighted by Gasteiger charge is 2.43. The smallest absolute Gasteiger partial charge is 0.236 e. The van der Waals surface area contributed by atoms with Crippen molar-refractivity contribution in [1.29, 1.82) is 0 Å². The average molecular weight is 419 g/mol. The van der Waals surface area contributed by atoms with Crippen LogP contribution >= 0.6 is 11.3 Å². The molecule has 2 bridgehead atoms. The van der Waals surface area contributed by atoms with Crippen molar-refractivity contribution in [2.75, 3.05) is 4.90 Å². The van der Waals surface area contributed by atoms with Gasteiger partial charge in [-0.15, -0.1) is 0 Å². The third kappa shape index (κ3) is 3.45. The molecule has 0 saturated heterocycles. The van der Waals surface area contributed by atoms with E-state index in [2.05, 4.69) is 32.0 Å². The Balaban J connectivity index is 1.57. The number of hydrogen-bond donors (Lipinski definition) is 0. The third-order valence-corrected chi connectivity index (χ3v) is 7.58. The highest BCUT2D eigenvalue weighted by molar-refractivity contribution is 7.22. The summed E-state index contributed by atoms with van der Waals surface area (Å²) in [5.41, 5.74) is 4.04. The van der Waals surface area contributed by atoms with Gasteiger partial charge in [0.1, 0.15) is 5.78 Å². The number of fused-ring (bicyclic) bond motifs is 3. The highest BCUT2D eigenvalue weighted by atomic mass is 32.1. The van der Waals surface area contributed by atoms with Crippen molar-refractivity contribution >= 4 is 44.1 Å². The van der Waals surface area contributed by atoms with Crippen molar-refractivity contribution in [3.05, 3.63) is 53.6 Å². The van der Waals surface area contributed by atoms with Crippen LogP contribution in [0.3, 0.4) is 0 Å². The molecule has 1 amide bonds. The van der Waals surface area contributed by atoms with Gasteiger partial charge >= 0.3 is 0 Å². The van der Waals surface area contributed by atoms with E-state index in [1.54, 1.807) is 11.3 Å². The van der Waals surface area contributed by atoms with Gasteiger partial charge < -0.3 is 0 Å². The minimum atomic E-state index is -0.120. The number of carbonyl (C=O) groups excluding carboxylic acids is 2. The predicted molar refractivity (Wildman–Crippen MR) is 121 cm³/mol. The van der Waals surface area contributed by atoms with Crippen LogP contribution in [0.4, 0.5) is 10.8 Å². The van der Waals surface area contributed by atoms with Crippen LogP contribution in [-0.4, -0.2) is 16.7 Å². The molecule has 5 rings (SSSR count). The summed E-state index contributed by atoms with van der Waals surface area (Å²) in [6.45, 7) is 4.11. The summed E-state index contributed by atoms with van der Waals surface area (Å²) in [6.07, 6.45) is 4.34. The van der Waals surface area contributed by atoms with Crippen LogP contribution in [0.1, 0.15) is 43.2 Å². The molecule has 0 spiro atoms. The normalized spacial score (nSPS) is 23.5. The van der Waals surface area contributed by atoms with E-state index in [9.17, 15) is 9.59 Å². The van der Waals surface area contributed by atoms with Crippen molar-refractivity contribution in [3.8, 4) is 0 Å². The first-order chi connectivity index (χ1) is 14.5. The van der Waals surface area contributed by atoms with Crippen molar-refractivity contribution in [1.82, 2.24) is 4.98 Å². The molecule has 154 valence electrons. The Morgan fingerprint density at radius 3 is 2.37 bits per heavy atom. The van der Waals surface area contributed by atoms with E-state index in [1.165, 1.54) is 0 Å². The van der Waals surface area contributed by atoms with Crippen LogP contribution in [0.2, 0.25) is 0 Å². The largest absolute Gasteiger partial charge is 0.299 e. The standard InChI is InChI=1S/C25H26N2O2S/c1-15-10-16(2)12-20(11-15)27(25-26-21-8-3-4-9-22(21)30-25)24(29)19-13-17-6-5-7-18(14-19)23(17)28/h3-4,8-12,17-19H,5-7,13-14H2,1-2H3. The Bertz CT molecular complexity index is 1070. The number of carbonyl (C=O) groups is 2. The lowest BCUT2D eigenvalue weighted by Crippen LogP contribution is -2.43. The highest BCUT2D eigenvalue weighted by Crippen LogP contribution is 2.43. The van der Waals surface area contributed by atoms with E-state index in [-0.39, 0.29) is 23.7 Å².